The van der Waals surface area contributed by atoms with Crippen molar-refractivity contribution in [3.8, 4) is 0 Å². The highest BCUT2D eigenvalue weighted by Crippen LogP contribution is 2.18. The lowest BCUT2D eigenvalue weighted by Gasteiger charge is -2.17. The van der Waals surface area contributed by atoms with E-state index in [1.165, 1.54) is 4.90 Å². The van der Waals surface area contributed by atoms with Gasteiger partial charge in [0.2, 0.25) is 11.8 Å². The summed E-state index contributed by atoms with van der Waals surface area (Å²) in [5.74, 6) is -2.34. The average molecular weight is 361 g/mol. The number of hydrogen-bond donors (Lipinski definition) is 2. The third-order valence-corrected chi connectivity index (χ3v) is 3.91. The molecule has 0 aliphatic rings. The van der Waals surface area contributed by atoms with Crippen LogP contribution in [0.2, 0.25) is 0 Å². The van der Waals surface area contributed by atoms with E-state index >= 15 is 0 Å². The summed E-state index contributed by atoms with van der Waals surface area (Å²) in [5.41, 5.74) is 2.66. The maximum atomic E-state index is 13.5. The van der Waals surface area contributed by atoms with Gasteiger partial charge in [0, 0.05) is 11.8 Å². The zero-order valence-corrected chi connectivity index (χ0v) is 14.9. The molecule has 0 fully saturated rings. The average Bonchev–Trinajstić information content (AvgIpc) is 2.54. The molecule has 2 aromatic carbocycles. The van der Waals surface area contributed by atoms with Gasteiger partial charge >= 0.3 is 0 Å². The van der Waals surface area contributed by atoms with Gasteiger partial charge in [0.05, 0.1) is 18.8 Å². The van der Waals surface area contributed by atoms with Crippen molar-refractivity contribution in [2.75, 3.05) is 30.8 Å². The van der Waals surface area contributed by atoms with Gasteiger partial charge in [-0.1, -0.05) is 12.1 Å². The van der Waals surface area contributed by atoms with Crippen molar-refractivity contribution in [2.45, 2.75) is 13.8 Å². The van der Waals surface area contributed by atoms with Crippen LogP contribution in [-0.2, 0) is 9.59 Å². The van der Waals surface area contributed by atoms with Gasteiger partial charge in [0.15, 0.2) is 0 Å². The summed E-state index contributed by atoms with van der Waals surface area (Å²) in [7, 11) is 1.60. The fraction of sp³-hybridized carbons (Fsp3) is 0.263. The topological polar surface area (TPSA) is 61.4 Å². The van der Waals surface area contributed by atoms with Crippen LogP contribution in [0.3, 0.4) is 0 Å². The summed E-state index contributed by atoms with van der Waals surface area (Å²) in [6.07, 6.45) is 0. The SMILES string of the molecule is Cc1cccc(NC(=O)CN(C)CC(=O)Nc2ccc(F)cc2F)c1C. The second-order valence-electron chi connectivity index (χ2n) is 6.14. The summed E-state index contributed by atoms with van der Waals surface area (Å²) >= 11 is 0. The van der Waals surface area contributed by atoms with Crippen LogP contribution in [0.25, 0.3) is 0 Å². The molecule has 2 aromatic rings. The van der Waals surface area contributed by atoms with Crippen LogP contribution in [-0.4, -0.2) is 36.9 Å². The molecule has 0 unspecified atom stereocenters. The van der Waals surface area contributed by atoms with Gasteiger partial charge in [-0.15, -0.1) is 0 Å². The summed E-state index contributed by atoms with van der Waals surface area (Å²) < 4.78 is 26.4. The van der Waals surface area contributed by atoms with Gasteiger partial charge in [-0.2, -0.15) is 0 Å². The van der Waals surface area contributed by atoms with Gasteiger partial charge in [-0.05, 0) is 50.2 Å². The van der Waals surface area contributed by atoms with Crippen molar-refractivity contribution in [1.29, 1.82) is 0 Å². The minimum Gasteiger partial charge on any atom is -0.325 e. The molecule has 5 nitrogen and oxygen atoms in total. The van der Waals surface area contributed by atoms with Crippen molar-refractivity contribution >= 4 is 23.2 Å². The van der Waals surface area contributed by atoms with Gasteiger partial charge in [-0.25, -0.2) is 8.78 Å². The molecule has 7 heteroatoms. The molecule has 2 rings (SSSR count). The molecule has 0 radical (unpaired) electrons. The molecule has 2 N–H and O–H groups in total. The molecule has 0 heterocycles. The van der Waals surface area contributed by atoms with Crippen molar-refractivity contribution in [2.24, 2.45) is 0 Å². The molecule has 0 bridgehead atoms. The van der Waals surface area contributed by atoms with Crippen LogP contribution in [0.4, 0.5) is 20.2 Å². The first-order chi connectivity index (χ1) is 12.3. The third-order valence-electron chi connectivity index (χ3n) is 3.91. The van der Waals surface area contributed by atoms with E-state index in [9.17, 15) is 18.4 Å². The zero-order chi connectivity index (χ0) is 19.3. The number of carbonyl (C=O) groups excluding carboxylic acids is 2. The summed E-state index contributed by atoms with van der Waals surface area (Å²) in [4.78, 5) is 25.6. The molecule has 0 aliphatic heterocycles. The van der Waals surface area contributed by atoms with E-state index in [1.807, 2.05) is 32.0 Å². The summed E-state index contributed by atoms with van der Waals surface area (Å²) in [6.45, 7) is 3.75. The standard InChI is InChI=1S/C19H21F2N3O2/c1-12-5-4-6-16(13(12)2)22-18(25)10-24(3)11-19(26)23-17-8-7-14(20)9-15(17)21/h4-9H,10-11H2,1-3H3,(H,22,25)(H,23,26). The van der Waals surface area contributed by atoms with Crippen LogP contribution in [0.1, 0.15) is 11.1 Å². The number of benzene rings is 2. The lowest BCUT2D eigenvalue weighted by molar-refractivity contribution is -0.119. The van der Waals surface area contributed by atoms with Crippen molar-refractivity contribution in [3.63, 3.8) is 0 Å². The minimum absolute atomic E-state index is 0.00724. The number of carbonyl (C=O) groups is 2. The number of aryl methyl sites for hydroxylation is 1. The predicted octanol–water partition coefficient (Wildman–Crippen LogP) is 3.09. The fourth-order valence-corrected chi connectivity index (χ4v) is 2.40. The fourth-order valence-electron chi connectivity index (χ4n) is 2.40. The van der Waals surface area contributed by atoms with Crippen molar-refractivity contribution in [1.82, 2.24) is 4.90 Å². The van der Waals surface area contributed by atoms with Crippen molar-refractivity contribution < 1.29 is 18.4 Å². The number of rotatable bonds is 6. The molecule has 0 spiro atoms. The number of nitrogens with zero attached hydrogens (tertiary/aromatic N) is 1. The van der Waals surface area contributed by atoms with Gasteiger partial charge < -0.3 is 10.6 Å². The Hall–Kier alpha value is -2.80. The van der Waals surface area contributed by atoms with Gasteiger partial charge in [0.1, 0.15) is 11.6 Å². The van der Waals surface area contributed by atoms with E-state index in [2.05, 4.69) is 10.6 Å². The molecule has 0 saturated heterocycles. The second kappa shape index (κ2) is 8.53. The van der Waals surface area contributed by atoms with Crippen LogP contribution in [0.5, 0.6) is 0 Å². The Morgan fingerprint density at radius 3 is 2.19 bits per heavy atom. The normalized spacial score (nSPS) is 10.7. The summed E-state index contributed by atoms with van der Waals surface area (Å²) in [5, 5.41) is 5.16. The number of anilines is 2. The third kappa shape index (κ3) is 5.35. The maximum absolute atomic E-state index is 13.5. The Labute approximate surface area is 151 Å². The minimum atomic E-state index is -0.853. The van der Waals surface area contributed by atoms with E-state index in [0.717, 1.165) is 28.9 Å². The van der Waals surface area contributed by atoms with E-state index in [-0.39, 0.29) is 24.7 Å². The van der Waals surface area contributed by atoms with Crippen LogP contribution < -0.4 is 10.6 Å². The number of nitrogens with one attached hydrogen (secondary N) is 2. The molecular weight excluding hydrogens is 340 g/mol. The Balaban J connectivity index is 1.87. The van der Waals surface area contributed by atoms with Crippen molar-refractivity contribution in [3.05, 3.63) is 59.2 Å². The molecule has 0 aromatic heterocycles. The van der Waals surface area contributed by atoms with E-state index in [4.69, 9.17) is 0 Å². The van der Waals surface area contributed by atoms with Crippen LogP contribution in [0.15, 0.2) is 36.4 Å². The molecule has 0 atom stereocenters. The largest absolute Gasteiger partial charge is 0.325 e. The number of likely N-dealkylation sites (N-methyl/N-ethyl adjacent to an activating group) is 1. The maximum Gasteiger partial charge on any atom is 0.238 e. The molecule has 0 saturated carbocycles. The highest BCUT2D eigenvalue weighted by Gasteiger charge is 2.13. The first-order valence-corrected chi connectivity index (χ1v) is 8.06. The molecule has 138 valence electrons. The van der Waals surface area contributed by atoms with E-state index in [1.54, 1.807) is 7.05 Å². The lowest BCUT2D eigenvalue weighted by Crippen LogP contribution is -2.36. The number of amides is 2. The first kappa shape index (κ1) is 19.5. The highest BCUT2D eigenvalue weighted by molar-refractivity contribution is 5.95. The van der Waals surface area contributed by atoms with E-state index in [0.29, 0.717) is 6.07 Å². The first-order valence-electron chi connectivity index (χ1n) is 8.06. The highest BCUT2D eigenvalue weighted by atomic mass is 19.1. The van der Waals surface area contributed by atoms with Crippen LogP contribution >= 0.6 is 0 Å². The molecular formula is C19H21F2N3O2. The predicted molar refractivity (Wildman–Crippen MR) is 97.0 cm³/mol. The summed E-state index contributed by atoms with van der Waals surface area (Å²) in [6, 6.07) is 8.51. The Morgan fingerprint density at radius 1 is 0.962 bits per heavy atom. The number of hydrogen-bond acceptors (Lipinski definition) is 3. The van der Waals surface area contributed by atoms with E-state index < -0.39 is 17.5 Å². The number of halogens is 2. The Morgan fingerprint density at radius 2 is 1.58 bits per heavy atom. The second-order valence-corrected chi connectivity index (χ2v) is 6.14. The molecule has 26 heavy (non-hydrogen) atoms. The zero-order valence-electron chi connectivity index (χ0n) is 14.9. The molecule has 0 aliphatic carbocycles. The van der Waals surface area contributed by atoms with Crippen LogP contribution in [0, 0.1) is 25.5 Å². The van der Waals surface area contributed by atoms with Gasteiger partial charge in [0.25, 0.3) is 0 Å². The Bertz CT molecular complexity index is 824. The van der Waals surface area contributed by atoms with Gasteiger partial charge in [-0.3, -0.25) is 14.5 Å². The quantitative estimate of drug-likeness (QED) is 0.831. The smallest absolute Gasteiger partial charge is 0.238 e. The molecule has 2 amide bonds. The lowest BCUT2D eigenvalue weighted by atomic mass is 10.1. The monoisotopic (exact) mass is 361 g/mol. The Kier molecular flexibility index (Phi) is 6.41.